The largest absolute Gasteiger partial charge is 0.335 e. The van der Waals surface area contributed by atoms with E-state index in [4.69, 9.17) is 0 Å². The van der Waals surface area contributed by atoms with E-state index in [-0.39, 0.29) is 6.42 Å². The maximum absolute atomic E-state index is 12.7. The molecule has 68 valence electrons. The van der Waals surface area contributed by atoms with Crippen LogP contribution >= 0.6 is 0 Å². The van der Waals surface area contributed by atoms with E-state index in [0.29, 0.717) is 0 Å². The molecule has 0 unspecified atom stereocenters. The second-order valence-corrected chi connectivity index (χ2v) is 2.10. The minimum Gasteiger partial charge on any atom is -0.258 e. The minimum atomic E-state index is -1.12. The predicted molar refractivity (Wildman–Crippen MR) is 40.3 cm³/mol. The van der Waals surface area contributed by atoms with Gasteiger partial charge < -0.3 is 0 Å². The van der Waals surface area contributed by atoms with Crippen molar-refractivity contribution in [2.75, 3.05) is 0 Å². The summed E-state index contributed by atoms with van der Waals surface area (Å²) in [7, 11) is 0. The molecular formula is C7H9F2NO2. The zero-order valence-corrected chi connectivity index (χ0v) is 6.80. The van der Waals surface area contributed by atoms with Crippen LogP contribution in [0.15, 0.2) is 23.4 Å². The predicted octanol–water partition coefficient (Wildman–Crippen LogP) is 2.73. The van der Waals surface area contributed by atoms with Crippen LogP contribution in [0.1, 0.15) is 20.3 Å². The second-order valence-electron chi connectivity index (χ2n) is 2.10. The van der Waals surface area contributed by atoms with Gasteiger partial charge in [-0.25, -0.2) is 4.39 Å². The van der Waals surface area contributed by atoms with Crippen molar-refractivity contribution < 1.29 is 13.7 Å². The molecule has 0 spiro atoms. The van der Waals surface area contributed by atoms with Crippen LogP contribution < -0.4 is 0 Å². The number of nitro groups is 1. The third-order valence-electron chi connectivity index (χ3n) is 1.12. The first-order valence-corrected chi connectivity index (χ1v) is 3.37. The Morgan fingerprint density at radius 1 is 1.58 bits per heavy atom. The summed E-state index contributed by atoms with van der Waals surface area (Å²) in [4.78, 5) is 9.01. The molecule has 0 saturated heterocycles. The molecule has 0 aromatic carbocycles. The van der Waals surface area contributed by atoms with E-state index in [1.54, 1.807) is 6.92 Å². The second kappa shape index (κ2) is 4.58. The van der Waals surface area contributed by atoms with Crippen molar-refractivity contribution in [1.82, 2.24) is 0 Å². The first kappa shape index (κ1) is 10.7. The summed E-state index contributed by atoms with van der Waals surface area (Å²) in [6.45, 7) is 2.45. The fourth-order valence-corrected chi connectivity index (χ4v) is 0.653. The highest BCUT2D eigenvalue weighted by Gasteiger charge is 2.21. The Labute approximate surface area is 68.5 Å². The van der Waals surface area contributed by atoms with Crippen molar-refractivity contribution in [3.05, 3.63) is 33.5 Å². The molecule has 0 aromatic rings. The summed E-state index contributed by atoms with van der Waals surface area (Å²) >= 11 is 0. The normalized spacial score (nSPS) is 14.2. The molecule has 0 bridgehead atoms. The van der Waals surface area contributed by atoms with E-state index in [2.05, 4.69) is 0 Å². The van der Waals surface area contributed by atoms with Gasteiger partial charge in [0.1, 0.15) is 0 Å². The minimum absolute atomic E-state index is 0.288. The molecular weight excluding hydrogens is 168 g/mol. The highest BCUT2D eigenvalue weighted by molar-refractivity contribution is 5.20. The Balaban J connectivity index is 4.92. The topological polar surface area (TPSA) is 43.1 Å². The Morgan fingerprint density at radius 2 is 2.08 bits per heavy atom. The maximum atomic E-state index is 12.7. The summed E-state index contributed by atoms with van der Waals surface area (Å²) in [6.07, 6.45) is 1.25. The van der Waals surface area contributed by atoms with E-state index in [1.165, 1.54) is 0 Å². The van der Waals surface area contributed by atoms with Crippen LogP contribution in [0.2, 0.25) is 0 Å². The van der Waals surface area contributed by atoms with Gasteiger partial charge >= 0.3 is 5.70 Å². The van der Waals surface area contributed by atoms with Gasteiger partial charge in [-0.2, -0.15) is 4.39 Å². The van der Waals surface area contributed by atoms with Gasteiger partial charge in [-0.1, -0.05) is 6.92 Å². The molecule has 0 amide bonds. The number of allylic oxidation sites excluding steroid dienone is 3. The average molecular weight is 177 g/mol. The van der Waals surface area contributed by atoms with Gasteiger partial charge in [0.25, 0.3) is 0 Å². The van der Waals surface area contributed by atoms with Gasteiger partial charge in [-0.3, -0.25) is 10.1 Å². The summed E-state index contributed by atoms with van der Waals surface area (Å²) in [5.74, 6) is -2.25. The maximum Gasteiger partial charge on any atom is 0.335 e. The molecule has 0 aliphatic rings. The lowest BCUT2D eigenvalue weighted by molar-refractivity contribution is -0.425. The molecule has 0 atom stereocenters. The molecule has 0 N–H and O–H groups in total. The fraction of sp³-hybridized carbons (Fsp3) is 0.429. The van der Waals surface area contributed by atoms with E-state index in [1.807, 2.05) is 0 Å². The van der Waals surface area contributed by atoms with E-state index in [0.717, 1.165) is 13.0 Å². The van der Waals surface area contributed by atoms with E-state index < -0.39 is 22.3 Å². The molecule has 0 saturated carbocycles. The fourth-order valence-electron chi connectivity index (χ4n) is 0.653. The summed E-state index contributed by atoms with van der Waals surface area (Å²) in [5, 5.41) is 10.1. The van der Waals surface area contributed by atoms with Crippen molar-refractivity contribution in [1.29, 1.82) is 0 Å². The summed E-state index contributed by atoms with van der Waals surface area (Å²) in [6, 6.07) is 0. The van der Waals surface area contributed by atoms with Crippen molar-refractivity contribution in [3.63, 3.8) is 0 Å². The number of nitrogens with zero attached hydrogens (tertiary/aromatic N) is 1. The average Bonchev–Trinajstić information content (AvgIpc) is 1.85. The summed E-state index contributed by atoms with van der Waals surface area (Å²) < 4.78 is 25.0. The van der Waals surface area contributed by atoms with Crippen molar-refractivity contribution in [2.45, 2.75) is 20.3 Å². The van der Waals surface area contributed by atoms with Gasteiger partial charge in [0, 0.05) is 0 Å². The van der Waals surface area contributed by atoms with Gasteiger partial charge in [0.15, 0.2) is 11.7 Å². The summed E-state index contributed by atoms with van der Waals surface area (Å²) in [5.41, 5.74) is -1.09. The smallest absolute Gasteiger partial charge is 0.258 e. The lowest BCUT2D eigenvalue weighted by Gasteiger charge is -1.94. The standard InChI is InChI=1S/C7H9F2NO2/c1-3-4-6(9)7(5(2)8)10(11)12/h4H,3H2,1-2H3/b6-4+,7-5-. The molecule has 5 heteroatoms. The van der Waals surface area contributed by atoms with Crippen molar-refractivity contribution >= 4 is 0 Å². The first-order chi connectivity index (χ1) is 5.50. The number of halogens is 2. The number of hydrogen-bond donors (Lipinski definition) is 0. The monoisotopic (exact) mass is 177 g/mol. The molecule has 0 rings (SSSR count). The third-order valence-corrected chi connectivity index (χ3v) is 1.12. The Hall–Kier alpha value is -1.26. The van der Waals surface area contributed by atoms with Crippen molar-refractivity contribution in [2.24, 2.45) is 0 Å². The Kier molecular flexibility index (Phi) is 4.10. The number of rotatable bonds is 3. The molecule has 0 aliphatic heterocycles. The molecule has 0 fully saturated rings. The van der Waals surface area contributed by atoms with Crippen LogP contribution in [0.3, 0.4) is 0 Å². The lowest BCUT2D eigenvalue weighted by atomic mass is 10.3. The zero-order valence-electron chi connectivity index (χ0n) is 6.80. The van der Waals surface area contributed by atoms with Gasteiger partial charge in [0.2, 0.25) is 0 Å². The quantitative estimate of drug-likeness (QED) is 0.378. The molecule has 12 heavy (non-hydrogen) atoms. The van der Waals surface area contributed by atoms with Gasteiger partial charge in [-0.05, 0) is 19.4 Å². The van der Waals surface area contributed by atoms with Crippen LogP contribution in [0.5, 0.6) is 0 Å². The molecule has 0 heterocycles. The molecule has 3 nitrogen and oxygen atoms in total. The number of hydrogen-bond acceptors (Lipinski definition) is 2. The van der Waals surface area contributed by atoms with Crippen LogP contribution in [-0.4, -0.2) is 4.92 Å². The van der Waals surface area contributed by atoms with Gasteiger partial charge in [-0.15, -0.1) is 0 Å². The SMILES string of the molecule is CC/C=C(F)\C(=C(/C)F)[N+](=O)[O-]. The third kappa shape index (κ3) is 2.77. The van der Waals surface area contributed by atoms with Crippen LogP contribution in [-0.2, 0) is 0 Å². The van der Waals surface area contributed by atoms with E-state index in [9.17, 15) is 18.9 Å². The lowest BCUT2D eigenvalue weighted by Crippen LogP contribution is -2.01. The molecule has 0 radical (unpaired) electrons. The zero-order chi connectivity index (χ0) is 9.72. The Morgan fingerprint density at radius 3 is 2.33 bits per heavy atom. The molecule has 0 aliphatic carbocycles. The van der Waals surface area contributed by atoms with Crippen LogP contribution in [0.4, 0.5) is 8.78 Å². The van der Waals surface area contributed by atoms with E-state index >= 15 is 0 Å². The molecule has 0 aromatic heterocycles. The van der Waals surface area contributed by atoms with Crippen LogP contribution in [0.25, 0.3) is 0 Å². The van der Waals surface area contributed by atoms with Crippen molar-refractivity contribution in [3.8, 4) is 0 Å². The first-order valence-electron chi connectivity index (χ1n) is 3.37. The highest BCUT2D eigenvalue weighted by Crippen LogP contribution is 2.17. The Bertz CT molecular complexity index is 242. The highest BCUT2D eigenvalue weighted by atomic mass is 19.1. The van der Waals surface area contributed by atoms with Gasteiger partial charge in [0.05, 0.1) is 4.92 Å². The van der Waals surface area contributed by atoms with Crippen LogP contribution in [0, 0.1) is 10.1 Å².